The van der Waals surface area contributed by atoms with Crippen LogP contribution < -0.4 is 9.64 Å². The van der Waals surface area contributed by atoms with Crippen LogP contribution in [0.3, 0.4) is 0 Å². The Balaban J connectivity index is 2.06. The lowest BCUT2D eigenvalue weighted by molar-refractivity contribution is -0.118. The summed E-state index contributed by atoms with van der Waals surface area (Å²) in [5, 5.41) is 19.7. The van der Waals surface area contributed by atoms with Gasteiger partial charge in [0, 0.05) is 12.1 Å². The smallest absolute Gasteiger partial charge is 0.294 e. The number of carbonyl (C=O) groups is 2. The van der Waals surface area contributed by atoms with Gasteiger partial charge in [-0.2, -0.15) is 5.26 Å². The Labute approximate surface area is 182 Å². The maximum absolute atomic E-state index is 13.0. The minimum absolute atomic E-state index is 0.0809. The van der Waals surface area contributed by atoms with Gasteiger partial charge in [-0.15, -0.1) is 0 Å². The zero-order valence-corrected chi connectivity index (χ0v) is 18.0. The number of aliphatic hydroxyl groups excluding tert-OH is 1. The minimum atomic E-state index is -0.757. The van der Waals surface area contributed by atoms with Gasteiger partial charge in [0.2, 0.25) is 0 Å². The summed E-state index contributed by atoms with van der Waals surface area (Å²) in [4.78, 5) is 27.5. The van der Waals surface area contributed by atoms with Crippen molar-refractivity contribution in [2.45, 2.75) is 39.7 Å². The summed E-state index contributed by atoms with van der Waals surface area (Å²) in [5.41, 5.74) is 1.75. The van der Waals surface area contributed by atoms with Crippen molar-refractivity contribution in [1.82, 2.24) is 0 Å². The highest BCUT2D eigenvalue weighted by atomic mass is 16.5. The predicted octanol–water partition coefficient (Wildman–Crippen LogP) is 4.86. The molecule has 1 aliphatic rings. The Hall–Kier alpha value is -3.59. The molecule has 0 bridgehead atoms. The van der Waals surface area contributed by atoms with Gasteiger partial charge in [0.15, 0.2) is 11.5 Å². The van der Waals surface area contributed by atoms with Gasteiger partial charge in [0.05, 0.1) is 29.9 Å². The lowest BCUT2D eigenvalue weighted by Crippen LogP contribution is -2.31. The summed E-state index contributed by atoms with van der Waals surface area (Å²) in [7, 11) is 0. The number of anilines is 1. The lowest BCUT2D eigenvalue weighted by atomic mass is 9.92. The number of nitrogens with zero attached hydrogens (tertiary/aromatic N) is 2. The molecule has 0 aliphatic carbocycles. The van der Waals surface area contributed by atoms with E-state index in [1.807, 2.05) is 26.8 Å². The van der Waals surface area contributed by atoms with E-state index in [0.29, 0.717) is 29.2 Å². The zero-order valence-electron chi connectivity index (χ0n) is 18.0. The molecule has 0 saturated heterocycles. The Morgan fingerprint density at radius 2 is 1.81 bits per heavy atom. The summed E-state index contributed by atoms with van der Waals surface area (Å²) in [6.45, 7) is 6.45. The van der Waals surface area contributed by atoms with Crippen molar-refractivity contribution in [3.05, 3.63) is 71.0 Å². The average molecular weight is 418 g/mol. The van der Waals surface area contributed by atoms with Gasteiger partial charge in [0.1, 0.15) is 5.75 Å². The average Bonchev–Trinajstić information content (AvgIpc) is 3.03. The van der Waals surface area contributed by atoms with E-state index in [0.717, 1.165) is 6.42 Å². The summed E-state index contributed by atoms with van der Waals surface area (Å²) in [6.07, 6.45) is 1.11. The molecule has 0 fully saturated rings. The second-order valence-electron chi connectivity index (χ2n) is 7.94. The highest BCUT2D eigenvalue weighted by Crippen LogP contribution is 2.42. The molecule has 31 heavy (non-hydrogen) atoms. The fraction of sp³-hybridized carbons (Fsp3) is 0.320. The number of amides is 1. The van der Waals surface area contributed by atoms with E-state index in [-0.39, 0.29) is 23.7 Å². The number of hydrogen-bond acceptors (Lipinski definition) is 5. The number of hydrogen-bond donors (Lipinski definition) is 1. The highest BCUT2D eigenvalue weighted by Gasteiger charge is 2.44. The molecule has 160 valence electrons. The van der Waals surface area contributed by atoms with Crippen LogP contribution in [-0.4, -0.2) is 23.4 Å². The Morgan fingerprint density at radius 3 is 2.35 bits per heavy atom. The van der Waals surface area contributed by atoms with Gasteiger partial charge in [0.25, 0.3) is 5.91 Å². The van der Waals surface area contributed by atoms with Gasteiger partial charge in [-0.05, 0) is 54.3 Å². The van der Waals surface area contributed by atoms with Gasteiger partial charge in [-0.25, -0.2) is 0 Å². The standard InChI is InChI=1S/C25H26N2O4/c1-4-13-31-20-11-7-18(8-12-20)23-22(21(28)14-16(2)3)24(29)25(30)27(23)19-9-5-17(15-26)6-10-19/h5-12,16,23,29H,4,13-14H2,1-3H3. The van der Waals surface area contributed by atoms with Gasteiger partial charge >= 0.3 is 0 Å². The third-order valence-electron chi connectivity index (χ3n) is 5.05. The first-order valence-corrected chi connectivity index (χ1v) is 10.4. The normalized spacial score (nSPS) is 16.0. The van der Waals surface area contributed by atoms with Gasteiger partial charge in [-0.3, -0.25) is 14.5 Å². The number of ether oxygens (including phenoxy) is 1. The Kier molecular flexibility index (Phi) is 6.76. The van der Waals surface area contributed by atoms with Crippen LogP contribution in [-0.2, 0) is 9.59 Å². The Morgan fingerprint density at radius 1 is 1.16 bits per heavy atom. The van der Waals surface area contributed by atoms with Crippen LogP contribution in [0, 0.1) is 17.2 Å². The first-order valence-electron chi connectivity index (χ1n) is 10.4. The molecule has 1 amide bonds. The van der Waals surface area contributed by atoms with E-state index in [9.17, 15) is 14.7 Å². The van der Waals surface area contributed by atoms with Crippen molar-refractivity contribution in [3.8, 4) is 11.8 Å². The van der Waals surface area contributed by atoms with E-state index in [2.05, 4.69) is 0 Å². The van der Waals surface area contributed by atoms with Gasteiger partial charge < -0.3 is 9.84 Å². The van der Waals surface area contributed by atoms with Crippen molar-refractivity contribution in [2.75, 3.05) is 11.5 Å². The van der Waals surface area contributed by atoms with E-state index in [1.165, 1.54) is 4.90 Å². The number of carbonyl (C=O) groups excluding carboxylic acids is 2. The van der Waals surface area contributed by atoms with Crippen molar-refractivity contribution < 1.29 is 19.4 Å². The molecule has 1 aliphatic heterocycles. The fourth-order valence-corrected chi connectivity index (χ4v) is 3.62. The molecule has 2 aromatic carbocycles. The number of aliphatic hydroxyl groups is 1. The van der Waals surface area contributed by atoms with Crippen LogP contribution in [0.25, 0.3) is 0 Å². The largest absolute Gasteiger partial charge is 0.503 e. The minimum Gasteiger partial charge on any atom is -0.503 e. The quantitative estimate of drug-likeness (QED) is 0.661. The van der Waals surface area contributed by atoms with Crippen molar-refractivity contribution >= 4 is 17.4 Å². The molecule has 3 rings (SSSR count). The third kappa shape index (κ3) is 4.61. The van der Waals surface area contributed by atoms with E-state index in [1.54, 1.807) is 48.5 Å². The predicted molar refractivity (Wildman–Crippen MR) is 118 cm³/mol. The van der Waals surface area contributed by atoms with Crippen LogP contribution in [0.4, 0.5) is 5.69 Å². The monoisotopic (exact) mass is 418 g/mol. The van der Waals surface area contributed by atoms with E-state index >= 15 is 0 Å². The summed E-state index contributed by atoms with van der Waals surface area (Å²) < 4.78 is 5.64. The topological polar surface area (TPSA) is 90.6 Å². The van der Waals surface area contributed by atoms with Crippen molar-refractivity contribution in [1.29, 1.82) is 5.26 Å². The third-order valence-corrected chi connectivity index (χ3v) is 5.05. The van der Waals surface area contributed by atoms with Crippen LogP contribution in [0.15, 0.2) is 59.9 Å². The molecule has 6 heteroatoms. The van der Waals surface area contributed by atoms with Crippen LogP contribution in [0.2, 0.25) is 0 Å². The second kappa shape index (κ2) is 9.48. The molecule has 0 aromatic heterocycles. The number of rotatable bonds is 8. The molecule has 1 N–H and O–H groups in total. The SMILES string of the molecule is CCCOc1ccc(C2C(C(=O)CC(C)C)=C(O)C(=O)N2c2ccc(C#N)cc2)cc1. The van der Waals surface area contributed by atoms with Crippen molar-refractivity contribution in [3.63, 3.8) is 0 Å². The molecule has 1 unspecified atom stereocenters. The molecule has 1 heterocycles. The van der Waals surface area contributed by atoms with Crippen LogP contribution in [0.5, 0.6) is 5.75 Å². The molecule has 1 atom stereocenters. The molecular formula is C25H26N2O4. The van der Waals surface area contributed by atoms with Crippen molar-refractivity contribution in [2.24, 2.45) is 5.92 Å². The van der Waals surface area contributed by atoms with Crippen LogP contribution in [0.1, 0.15) is 50.8 Å². The lowest BCUT2D eigenvalue weighted by Gasteiger charge is -2.27. The first kappa shape index (κ1) is 22.1. The number of Topliss-reactive ketones (excluding diaryl/α,β-unsaturated/α-hetero) is 1. The summed E-state index contributed by atoms with van der Waals surface area (Å²) in [6, 6.07) is 15.0. The molecular weight excluding hydrogens is 392 g/mol. The molecule has 0 saturated carbocycles. The number of benzene rings is 2. The van der Waals surface area contributed by atoms with E-state index in [4.69, 9.17) is 10.00 Å². The molecule has 6 nitrogen and oxygen atoms in total. The van der Waals surface area contributed by atoms with Crippen LogP contribution >= 0.6 is 0 Å². The number of nitriles is 1. The number of ketones is 1. The Bertz CT molecular complexity index is 1030. The zero-order chi connectivity index (χ0) is 22.5. The maximum atomic E-state index is 13.0. The van der Waals surface area contributed by atoms with E-state index < -0.39 is 17.7 Å². The molecule has 0 spiro atoms. The summed E-state index contributed by atoms with van der Waals surface area (Å²) in [5.74, 6) is -0.631. The second-order valence-corrected chi connectivity index (χ2v) is 7.94. The molecule has 2 aromatic rings. The summed E-state index contributed by atoms with van der Waals surface area (Å²) >= 11 is 0. The van der Waals surface area contributed by atoms with Gasteiger partial charge in [-0.1, -0.05) is 32.9 Å². The highest BCUT2D eigenvalue weighted by molar-refractivity contribution is 6.16. The molecule has 0 radical (unpaired) electrons. The fourth-order valence-electron chi connectivity index (χ4n) is 3.62. The first-order chi connectivity index (χ1) is 14.9. The maximum Gasteiger partial charge on any atom is 0.294 e.